The van der Waals surface area contributed by atoms with Gasteiger partial charge in [-0.05, 0) is 25.1 Å². The van der Waals surface area contributed by atoms with E-state index in [1.807, 2.05) is 6.07 Å². The van der Waals surface area contributed by atoms with Crippen LogP contribution in [0.4, 0.5) is 5.69 Å². The number of amides is 1. The minimum Gasteiger partial charge on any atom is -0.324 e. The van der Waals surface area contributed by atoms with Crippen molar-refractivity contribution in [3.8, 4) is 0 Å². The highest BCUT2D eigenvalue weighted by Gasteiger charge is 2.20. The van der Waals surface area contributed by atoms with Crippen LogP contribution >= 0.6 is 27.5 Å². The molecule has 6 heteroatoms. The molecule has 1 aromatic rings. The van der Waals surface area contributed by atoms with E-state index in [-0.39, 0.29) is 5.91 Å². The molecule has 0 aromatic heterocycles. The van der Waals surface area contributed by atoms with E-state index in [2.05, 4.69) is 38.4 Å². The number of hydrogen-bond donors (Lipinski definition) is 2. The molecule has 0 spiro atoms. The molecule has 1 unspecified atom stereocenters. The highest BCUT2D eigenvalue weighted by molar-refractivity contribution is 9.10. The third-order valence-corrected chi connectivity index (χ3v) is 4.00. The highest BCUT2D eigenvalue weighted by atomic mass is 79.9. The summed E-state index contributed by atoms with van der Waals surface area (Å²) in [5.74, 6) is -0.0297. The van der Waals surface area contributed by atoms with Gasteiger partial charge < -0.3 is 10.6 Å². The number of piperazine rings is 1. The molecule has 0 bridgehead atoms. The Labute approximate surface area is 126 Å². The van der Waals surface area contributed by atoms with Crippen LogP contribution in [0.2, 0.25) is 5.02 Å². The van der Waals surface area contributed by atoms with Crippen molar-refractivity contribution in [2.45, 2.75) is 13.0 Å². The van der Waals surface area contributed by atoms with Crippen molar-refractivity contribution in [2.24, 2.45) is 0 Å². The van der Waals surface area contributed by atoms with Gasteiger partial charge >= 0.3 is 0 Å². The van der Waals surface area contributed by atoms with Gasteiger partial charge in [0, 0.05) is 30.1 Å². The van der Waals surface area contributed by atoms with Gasteiger partial charge in [0.1, 0.15) is 0 Å². The van der Waals surface area contributed by atoms with Gasteiger partial charge in [-0.2, -0.15) is 0 Å². The van der Waals surface area contributed by atoms with Gasteiger partial charge in [-0.15, -0.1) is 0 Å². The summed E-state index contributed by atoms with van der Waals surface area (Å²) in [6, 6.07) is 5.80. The van der Waals surface area contributed by atoms with Crippen LogP contribution in [0.1, 0.15) is 6.92 Å². The summed E-state index contributed by atoms with van der Waals surface area (Å²) in [5.41, 5.74) is 0.651. The van der Waals surface area contributed by atoms with E-state index in [0.717, 1.165) is 24.1 Å². The van der Waals surface area contributed by atoms with Crippen molar-refractivity contribution in [3.05, 3.63) is 27.7 Å². The summed E-state index contributed by atoms with van der Waals surface area (Å²) in [4.78, 5) is 14.2. The van der Waals surface area contributed by atoms with Crippen molar-refractivity contribution >= 4 is 39.1 Å². The van der Waals surface area contributed by atoms with Crippen LogP contribution in [0.25, 0.3) is 0 Å². The molecule has 1 heterocycles. The van der Waals surface area contributed by atoms with E-state index in [0.29, 0.717) is 23.3 Å². The van der Waals surface area contributed by atoms with Crippen molar-refractivity contribution in [3.63, 3.8) is 0 Å². The molecule has 1 aliphatic rings. The Hall–Kier alpha value is -0.620. The molecule has 4 nitrogen and oxygen atoms in total. The molecular formula is C13H17BrClN3O. The van der Waals surface area contributed by atoms with E-state index in [1.165, 1.54) is 0 Å². The van der Waals surface area contributed by atoms with Crippen LogP contribution in [-0.4, -0.2) is 43.0 Å². The molecule has 1 amide bonds. The summed E-state index contributed by atoms with van der Waals surface area (Å²) in [6.45, 7) is 5.26. The second-order valence-corrected chi connectivity index (χ2v) is 6.02. The molecule has 2 N–H and O–H groups in total. The molecule has 1 saturated heterocycles. The number of benzene rings is 1. The maximum atomic E-state index is 12.0. The Balaban J connectivity index is 1.93. The first-order chi connectivity index (χ1) is 9.06. The zero-order chi connectivity index (χ0) is 13.8. The fraction of sp³-hybridized carbons (Fsp3) is 0.462. The Morgan fingerprint density at radius 1 is 1.63 bits per heavy atom. The fourth-order valence-electron chi connectivity index (χ4n) is 2.08. The predicted molar refractivity (Wildman–Crippen MR) is 81.7 cm³/mol. The molecule has 0 radical (unpaired) electrons. The Bertz CT molecular complexity index is 469. The zero-order valence-corrected chi connectivity index (χ0v) is 13.1. The number of hydrogen-bond acceptors (Lipinski definition) is 3. The normalized spacial score (nSPS) is 20.3. The number of nitrogens with zero attached hydrogens (tertiary/aromatic N) is 1. The Morgan fingerprint density at radius 3 is 3.11 bits per heavy atom. The average Bonchev–Trinajstić information content (AvgIpc) is 2.36. The largest absolute Gasteiger partial charge is 0.324 e. The van der Waals surface area contributed by atoms with E-state index < -0.39 is 0 Å². The minimum absolute atomic E-state index is 0.0297. The summed E-state index contributed by atoms with van der Waals surface area (Å²) >= 11 is 9.41. The van der Waals surface area contributed by atoms with Crippen LogP contribution in [0.15, 0.2) is 22.7 Å². The van der Waals surface area contributed by atoms with Gasteiger partial charge in [0.15, 0.2) is 0 Å². The highest BCUT2D eigenvalue weighted by Crippen LogP contribution is 2.25. The standard InChI is InChI=1S/C13H17BrClN3O/c1-9-7-16-4-5-18(9)8-13(19)17-12-3-2-10(14)6-11(12)15/h2-3,6,9,16H,4-5,7-8H2,1H3,(H,17,19). The van der Waals surface area contributed by atoms with E-state index in [1.54, 1.807) is 12.1 Å². The quantitative estimate of drug-likeness (QED) is 0.883. The lowest BCUT2D eigenvalue weighted by Gasteiger charge is -2.33. The topological polar surface area (TPSA) is 44.4 Å². The molecule has 1 fully saturated rings. The molecule has 19 heavy (non-hydrogen) atoms. The summed E-state index contributed by atoms with van der Waals surface area (Å²) in [5, 5.41) is 6.69. The molecule has 0 aliphatic carbocycles. The number of rotatable bonds is 3. The number of anilines is 1. The third-order valence-electron chi connectivity index (χ3n) is 3.19. The van der Waals surface area contributed by atoms with Gasteiger partial charge in [-0.1, -0.05) is 27.5 Å². The maximum Gasteiger partial charge on any atom is 0.238 e. The Kier molecular flexibility index (Phi) is 5.21. The van der Waals surface area contributed by atoms with Gasteiger partial charge in [0.2, 0.25) is 5.91 Å². The maximum absolute atomic E-state index is 12.0. The number of carbonyl (C=O) groups is 1. The number of halogens is 2. The van der Waals surface area contributed by atoms with Gasteiger partial charge in [0.25, 0.3) is 0 Å². The molecule has 2 rings (SSSR count). The lowest BCUT2D eigenvalue weighted by atomic mass is 10.2. The van der Waals surface area contributed by atoms with Crippen LogP contribution in [-0.2, 0) is 4.79 Å². The zero-order valence-electron chi connectivity index (χ0n) is 10.7. The first-order valence-electron chi connectivity index (χ1n) is 6.26. The lowest BCUT2D eigenvalue weighted by Crippen LogP contribution is -2.51. The van der Waals surface area contributed by atoms with Gasteiger partial charge in [-0.25, -0.2) is 0 Å². The first-order valence-corrected chi connectivity index (χ1v) is 7.43. The molecular weight excluding hydrogens is 330 g/mol. The minimum atomic E-state index is -0.0297. The molecule has 1 atom stereocenters. The van der Waals surface area contributed by atoms with E-state index >= 15 is 0 Å². The molecule has 1 aromatic carbocycles. The van der Waals surface area contributed by atoms with Crippen LogP contribution < -0.4 is 10.6 Å². The predicted octanol–water partition coefficient (Wildman–Crippen LogP) is 2.33. The van der Waals surface area contributed by atoms with Crippen LogP contribution in [0.3, 0.4) is 0 Å². The van der Waals surface area contributed by atoms with Crippen LogP contribution in [0.5, 0.6) is 0 Å². The average molecular weight is 347 g/mol. The summed E-state index contributed by atoms with van der Waals surface area (Å²) in [6.07, 6.45) is 0. The van der Waals surface area contributed by atoms with Crippen molar-refractivity contribution in [2.75, 3.05) is 31.5 Å². The summed E-state index contributed by atoms with van der Waals surface area (Å²) < 4.78 is 0.895. The first kappa shape index (κ1) is 14.8. The number of nitrogens with one attached hydrogen (secondary N) is 2. The molecule has 1 aliphatic heterocycles. The van der Waals surface area contributed by atoms with Crippen molar-refractivity contribution in [1.29, 1.82) is 0 Å². The van der Waals surface area contributed by atoms with E-state index in [4.69, 9.17) is 11.6 Å². The molecule has 104 valence electrons. The van der Waals surface area contributed by atoms with Gasteiger partial charge in [-0.3, -0.25) is 9.69 Å². The monoisotopic (exact) mass is 345 g/mol. The molecule has 0 saturated carbocycles. The number of carbonyl (C=O) groups excluding carboxylic acids is 1. The second-order valence-electron chi connectivity index (χ2n) is 4.70. The van der Waals surface area contributed by atoms with Crippen LogP contribution in [0, 0.1) is 0 Å². The summed E-state index contributed by atoms with van der Waals surface area (Å²) in [7, 11) is 0. The fourth-order valence-corrected chi connectivity index (χ4v) is 2.80. The van der Waals surface area contributed by atoms with Crippen molar-refractivity contribution in [1.82, 2.24) is 10.2 Å². The van der Waals surface area contributed by atoms with E-state index in [9.17, 15) is 4.79 Å². The third kappa shape index (κ3) is 4.18. The second kappa shape index (κ2) is 6.70. The SMILES string of the molecule is CC1CNCCN1CC(=O)Nc1ccc(Br)cc1Cl. The van der Waals surface area contributed by atoms with Gasteiger partial charge in [0.05, 0.1) is 17.3 Å². The van der Waals surface area contributed by atoms with Crippen molar-refractivity contribution < 1.29 is 4.79 Å². The smallest absolute Gasteiger partial charge is 0.238 e. The Morgan fingerprint density at radius 2 is 2.42 bits per heavy atom. The lowest BCUT2D eigenvalue weighted by molar-refractivity contribution is -0.118.